The molecule has 3 aliphatic rings. The minimum absolute atomic E-state index is 0.0484. The first-order valence-electron chi connectivity index (χ1n) is 10.8. The molecule has 3 fully saturated rings. The van der Waals surface area contributed by atoms with E-state index >= 15 is 0 Å². The third-order valence-corrected chi connectivity index (χ3v) is 7.60. The van der Waals surface area contributed by atoms with Gasteiger partial charge >= 0.3 is 0 Å². The lowest BCUT2D eigenvalue weighted by molar-refractivity contribution is -0.133. The standard InChI is InChI=1S/C23H33NO5/c1-14(26)23(2)13-24(21(27)12-25)11-18(23)15-8-9-19(28-3)20(10-15)29-22-16-6-4-5-7-17(16)22/h8-10,14,16-18,22,25-26H,4-7,11-13H2,1-3H3/t14-,16?,17?,18+,22?,23+/m1/s1. The van der Waals surface area contributed by atoms with E-state index in [2.05, 4.69) is 0 Å². The van der Waals surface area contributed by atoms with Crippen molar-refractivity contribution in [1.82, 2.24) is 4.90 Å². The summed E-state index contributed by atoms with van der Waals surface area (Å²) in [6, 6.07) is 5.96. The summed E-state index contributed by atoms with van der Waals surface area (Å²) >= 11 is 0. The van der Waals surface area contributed by atoms with Gasteiger partial charge in [0.1, 0.15) is 12.7 Å². The Morgan fingerprint density at radius 1 is 1.28 bits per heavy atom. The van der Waals surface area contributed by atoms with Crippen LogP contribution in [0.15, 0.2) is 18.2 Å². The van der Waals surface area contributed by atoms with Crippen molar-refractivity contribution in [3.8, 4) is 11.5 Å². The Morgan fingerprint density at radius 2 is 1.97 bits per heavy atom. The predicted molar refractivity (Wildman–Crippen MR) is 109 cm³/mol. The van der Waals surface area contributed by atoms with Crippen molar-refractivity contribution >= 4 is 5.91 Å². The van der Waals surface area contributed by atoms with E-state index in [4.69, 9.17) is 9.47 Å². The molecule has 6 heteroatoms. The van der Waals surface area contributed by atoms with Gasteiger partial charge in [-0.05, 0) is 37.5 Å². The second-order valence-corrected chi connectivity index (χ2v) is 9.27. The Balaban J connectivity index is 1.61. The van der Waals surface area contributed by atoms with E-state index in [0.717, 1.165) is 17.1 Å². The molecule has 29 heavy (non-hydrogen) atoms. The van der Waals surface area contributed by atoms with Crippen LogP contribution in [-0.2, 0) is 4.79 Å². The van der Waals surface area contributed by atoms with Crippen LogP contribution in [-0.4, -0.2) is 60.0 Å². The Kier molecular flexibility index (Phi) is 5.51. The second-order valence-electron chi connectivity index (χ2n) is 9.27. The van der Waals surface area contributed by atoms with Gasteiger partial charge in [0.25, 0.3) is 0 Å². The summed E-state index contributed by atoms with van der Waals surface area (Å²) in [4.78, 5) is 13.8. The first kappa shape index (κ1) is 20.5. The molecule has 1 aliphatic heterocycles. The SMILES string of the molecule is COc1ccc([C@@H]2CN(C(=O)CO)C[C@@]2(C)[C@@H](C)O)cc1OC1C2CCCCC21. The molecule has 1 heterocycles. The number of benzene rings is 1. The van der Waals surface area contributed by atoms with Crippen molar-refractivity contribution in [1.29, 1.82) is 0 Å². The highest BCUT2D eigenvalue weighted by Crippen LogP contribution is 2.53. The van der Waals surface area contributed by atoms with E-state index in [1.807, 2.05) is 25.1 Å². The molecule has 1 saturated heterocycles. The van der Waals surface area contributed by atoms with Crippen LogP contribution < -0.4 is 9.47 Å². The van der Waals surface area contributed by atoms with Gasteiger partial charge in [-0.3, -0.25) is 4.79 Å². The predicted octanol–water partition coefficient (Wildman–Crippen LogP) is 2.57. The molecule has 160 valence electrons. The Bertz CT molecular complexity index is 754. The lowest BCUT2D eigenvalue weighted by Gasteiger charge is -2.33. The first-order chi connectivity index (χ1) is 13.9. The van der Waals surface area contributed by atoms with E-state index in [0.29, 0.717) is 24.9 Å². The highest BCUT2D eigenvalue weighted by Gasteiger charge is 2.53. The van der Waals surface area contributed by atoms with Gasteiger partial charge in [0, 0.05) is 36.3 Å². The summed E-state index contributed by atoms with van der Waals surface area (Å²) in [5.74, 6) is 2.47. The van der Waals surface area contributed by atoms with Crippen molar-refractivity contribution in [2.24, 2.45) is 17.3 Å². The minimum atomic E-state index is -0.596. The molecule has 5 atom stereocenters. The number of ether oxygens (including phenoxy) is 2. The third-order valence-electron chi connectivity index (χ3n) is 7.60. The van der Waals surface area contributed by atoms with Gasteiger partial charge in [0.2, 0.25) is 5.91 Å². The molecule has 0 radical (unpaired) electrons. The van der Waals surface area contributed by atoms with Gasteiger partial charge in [0.05, 0.1) is 13.2 Å². The lowest BCUT2D eigenvalue weighted by Crippen LogP contribution is -2.38. The average molecular weight is 404 g/mol. The van der Waals surface area contributed by atoms with Crippen LogP contribution in [0.1, 0.15) is 51.0 Å². The Hall–Kier alpha value is -1.79. The van der Waals surface area contributed by atoms with Gasteiger partial charge in [0.15, 0.2) is 11.5 Å². The summed E-state index contributed by atoms with van der Waals surface area (Å²) < 4.78 is 12.0. The van der Waals surface area contributed by atoms with Crippen molar-refractivity contribution in [2.45, 2.75) is 57.7 Å². The van der Waals surface area contributed by atoms with Crippen LogP contribution in [0, 0.1) is 17.3 Å². The number of methoxy groups -OCH3 is 1. The lowest BCUT2D eigenvalue weighted by atomic mass is 9.72. The second kappa shape index (κ2) is 7.80. The number of nitrogens with zero attached hydrogens (tertiary/aromatic N) is 1. The summed E-state index contributed by atoms with van der Waals surface area (Å²) in [6.07, 6.45) is 4.77. The van der Waals surface area contributed by atoms with Crippen molar-refractivity contribution < 1.29 is 24.5 Å². The number of likely N-dealkylation sites (tertiary alicyclic amines) is 1. The number of rotatable bonds is 6. The summed E-state index contributed by atoms with van der Waals surface area (Å²) in [5, 5.41) is 19.8. The monoisotopic (exact) mass is 403 g/mol. The number of aliphatic hydroxyl groups is 2. The normalized spacial score (nSPS) is 34.4. The molecule has 1 aromatic carbocycles. The number of carbonyl (C=O) groups excluding carboxylic acids is 1. The molecule has 1 amide bonds. The molecule has 4 rings (SSSR count). The zero-order chi connectivity index (χ0) is 20.8. The zero-order valence-corrected chi connectivity index (χ0v) is 17.6. The quantitative estimate of drug-likeness (QED) is 0.763. The molecule has 0 spiro atoms. The molecule has 6 nitrogen and oxygen atoms in total. The van der Waals surface area contributed by atoms with Crippen LogP contribution in [0.25, 0.3) is 0 Å². The fourth-order valence-corrected chi connectivity index (χ4v) is 5.46. The highest BCUT2D eigenvalue weighted by atomic mass is 16.5. The largest absolute Gasteiger partial charge is 0.493 e. The van der Waals surface area contributed by atoms with E-state index < -0.39 is 18.1 Å². The van der Waals surface area contributed by atoms with Gasteiger partial charge in [-0.1, -0.05) is 25.8 Å². The molecule has 1 aromatic rings. The van der Waals surface area contributed by atoms with Crippen LogP contribution in [0.5, 0.6) is 11.5 Å². The Morgan fingerprint density at radius 3 is 2.55 bits per heavy atom. The molecule has 2 saturated carbocycles. The van der Waals surface area contributed by atoms with Crippen molar-refractivity contribution in [2.75, 3.05) is 26.8 Å². The maximum atomic E-state index is 12.1. The van der Waals surface area contributed by atoms with Gasteiger partial charge in [-0.25, -0.2) is 0 Å². The molecule has 0 bridgehead atoms. The van der Waals surface area contributed by atoms with Crippen molar-refractivity contribution in [3.05, 3.63) is 23.8 Å². The molecular weight excluding hydrogens is 370 g/mol. The number of hydrogen-bond acceptors (Lipinski definition) is 5. The average Bonchev–Trinajstić information content (AvgIpc) is 3.29. The van der Waals surface area contributed by atoms with Gasteiger partial charge < -0.3 is 24.6 Å². The zero-order valence-electron chi connectivity index (χ0n) is 17.6. The number of amides is 1. The van der Waals surface area contributed by atoms with Gasteiger partial charge in [-0.2, -0.15) is 0 Å². The number of aliphatic hydroxyl groups excluding tert-OH is 2. The van der Waals surface area contributed by atoms with Gasteiger partial charge in [-0.15, -0.1) is 0 Å². The van der Waals surface area contributed by atoms with E-state index in [1.165, 1.54) is 25.7 Å². The summed E-state index contributed by atoms with van der Waals surface area (Å²) in [7, 11) is 1.65. The van der Waals surface area contributed by atoms with Crippen LogP contribution in [0.2, 0.25) is 0 Å². The molecular formula is C23H33NO5. The molecule has 2 unspecified atom stereocenters. The summed E-state index contributed by atoms with van der Waals surface area (Å²) in [6.45, 7) is 4.16. The van der Waals surface area contributed by atoms with E-state index in [-0.39, 0.29) is 17.9 Å². The fraction of sp³-hybridized carbons (Fsp3) is 0.696. The first-order valence-corrected chi connectivity index (χ1v) is 10.8. The number of hydrogen-bond donors (Lipinski definition) is 2. The maximum Gasteiger partial charge on any atom is 0.248 e. The minimum Gasteiger partial charge on any atom is -0.493 e. The maximum absolute atomic E-state index is 12.1. The topological polar surface area (TPSA) is 79.2 Å². The third kappa shape index (κ3) is 3.61. The highest BCUT2D eigenvalue weighted by molar-refractivity contribution is 5.77. The molecule has 0 aromatic heterocycles. The summed E-state index contributed by atoms with van der Waals surface area (Å²) in [5.41, 5.74) is 0.533. The van der Waals surface area contributed by atoms with E-state index in [1.54, 1.807) is 18.9 Å². The molecule has 2 N–H and O–H groups in total. The van der Waals surface area contributed by atoms with E-state index in [9.17, 15) is 15.0 Å². The Labute approximate surface area is 172 Å². The van der Waals surface area contributed by atoms with Crippen LogP contribution in [0.3, 0.4) is 0 Å². The van der Waals surface area contributed by atoms with Crippen LogP contribution in [0.4, 0.5) is 0 Å². The van der Waals surface area contributed by atoms with Crippen LogP contribution >= 0.6 is 0 Å². The number of fused-ring (bicyclic) bond motifs is 1. The number of carbonyl (C=O) groups is 1. The molecule has 2 aliphatic carbocycles. The van der Waals surface area contributed by atoms with Crippen molar-refractivity contribution in [3.63, 3.8) is 0 Å². The smallest absolute Gasteiger partial charge is 0.248 e. The fourth-order valence-electron chi connectivity index (χ4n) is 5.46.